The summed E-state index contributed by atoms with van der Waals surface area (Å²) < 4.78 is 4.81. The molecule has 0 aromatic heterocycles. The third-order valence-electron chi connectivity index (χ3n) is 1.83. The Morgan fingerprint density at radius 3 is 2.64 bits per heavy atom. The van der Waals surface area contributed by atoms with Crippen LogP contribution in [0.1, 0.15) is 33.6 Å². The first-order chi connectivity index (χ1) is 6.56. The molecule has 0 rings (SSSR count). The fraction of sp³-hybridized carbons (Fsp3) is 0.900. The molecule has 14 heavy (non-hydrogen) atoms. The zero-order valence-electron chi connectivity index (χ0n) is 9.25. The Morgan fingerprint density at radius 2 is 2.14 bits per heavy atom. The average molecular weight is 203 g/mol. The second-order valence-corrected chi connectivity index (χ2v) is 3.50. The Hall–Kier alpha value is -0.610. The third-order valence-corrected chi connectivity index (χ3v) is 1.83. The molecule has 0 bridgehead atoms. The molecule has 2 unspecified atom stereocenters. The lowest BCUT2D eigenvalue weighted by Crippen LogP contribution is -2.31. The number of esters is 1. The molecule has 0 saturated heterocycles. The molecule has 0 saturated carbocycles. The molecule has 0 heterocycles. The van der Waals surface area contributed by atoms with Gasteiger partial charge in [0.1, 0.15) is 0 Å². The van der Waals surface area contributed by atoms with E-state index in [9.17, 15) is 4.79 Å². The van der Waals surface area contributed by atoms with Gasteiger partial charge in [-0.25, -0.2) is 0 Å². The van der Waals surface area contributed by atoms with Gasteiger partial charge >= 0.3 is 5.97 Å². The van der Waals surface area contributed by atoms with Gasteiger partial charge in [0.05, 0.1) is 19.1 Å². The Balaban J connectivity index is 3.44. The quantitative estimate of drug-likeness (QED) is 0.598. The second kappa shape index (κ2) is 7.76. The smallest absolute Gasteiger partial charge is 0.307 e. The lowest BCUT2D eigenvalue weighted by Gasteiger charge is -2.13. The maximum absolute atomic E-state index is 11.0. The fourth-order valence-electron chi connectivity index (χ4n) is 1.08. The SMILES string of the molecule is CCOC(=O)CC(C)NCCC(C)O. The minimum Gasteiger partial charge on any atom is -0.466 e. The molecule has 0 aliphatic carbocycles. The zero-order valence-corrected chi connectivity index (χ0v) is 9.25. The van der Waals surface area contributed by atoms with Crippen LogP contribution >= 0.6 is 0 Å². The van der Waals surface area contributed by atoms with Gasteiger partial charge in [0.15, 0.2) is 0 Å². The normalized spacial score (nSPS) is 14.9. The molecule has 2 atom stereocenters. The van der Waals surface area contributed by atoms with Crippen molar-refractivity contribution in [2.45, 2.75) is 45.8 Å². The highest BCUT2D eigenvalue weighted by atomic mass is 16.5. The summed E-state index contributed by atoms with van der Waals surface area (Å²) in [5.74, 6) is -0.176. The Labute approximate surface area is 85.6 Å². The highest BCUT2D eigenvalue weighted by molar-refractivity contribution is 5.69. The van der Waals surface area contributed by atoms with Gasteiger partial charge in [0, 0.05) is 6.04 Å². The monoisotopic (exact) mass is 203 g/mol. The second-order valence-electron chi connectivity index (χ2n) is 3.50. The predicted octanol–water partition coefficient (Wildman–Crippen LogP) is 0.689. The standard InChI is InChI=1S/C10H21NO3/c1-4-14-10(13)7-8(2)11-6-5-9(3)12/h8-9,11-12H,4-7H2,1-3H3. The van der Waals surface area contributed by atoms with Crippen molar-refractivity contribution in [2.75, 3.05) is 13.2 Å². The van der Waals surface area contributed by atoms with E-state index >= 15 is 0 Å². The topological polar surface area (TPSA) is 58.6 Å². The van der Waals surface area contributed by atoms with E-state index in [2.05, 4.69) is 5.32 Å². The van der Waals surface area contributed by atoms with Crippen LogP contribution < -0.4 is 5.32 Å². The first kappa shape index (κ1) is 13.4. The van der Waals surface area contributed by atoms with Crippen molar-refractivity contribution in [3.63, 3.8) is 0 Å². The van der Waals surface area contributed by atoms with E-state index < -0.39 is 0 Å². The lowest BCUT2D eigenvalue weighted by atomic mass is 10.2. The Morgan fingerprint density at radius 1 is 1.50 bits per heavy atom. The van der Waals surface area contributed by atoms with Crippen LogP contribution in [-0.4, -0.2) is 36.4 Å². The largest absolute Gasteiger partial charge is 0.466 e. The third kappa shape index (κ3) is 8.01. The molecule has 0 amide bonds. The minimum atomic E-state index is -0.294. The zero-order chi connectivity index (χ0) is 11.0. The number of carbonyl (C=O) groups is 1. The van der Waals surface area contributed by atoms with Gasteiger partial charge in [-0.2, -0.15) is 0 Å². The van der Waals surface area contributed by atoms with E-state index in [1.165, 1.54) is 0 Å². The summed E-state index contributed by atoms with van der Waals surface area (Å²) in [5, 5.41) is 12.1. The van der Waals surface area contributed by atoms with Crippen LogP contribution in [0.4, 0.5) is 0 Å². The highest BCUT2D eigenvalue weighted by Crippen LogP contribution is 1.95. The predicted molar refractivity (Wildman–Crippen MR) is 55.0 cm³/mol. The van der Waals surface area contributed by atoms with Crippen molar-refractivity contribution < 1.29 is 14.6 Å². The van der Waals surface area contributed by atoms with Crippen LogP contribution in [0.2, 0.25) is 0 Å². The van der Waals surface area contributed by atoms with Crippen molar-refractivity contribution in [1.29, 1.82) is 0 Å². The summed E-state index contributed by atoms with van der Waals surface area (Å²) >= 11 is 0. The summed E-state index contributed by atoms with van der Waals surface area (Å²) in [6.07, 6.45) is 0.790. The van der Waals surface area contributed by atoms with E-state index in [-0.39, 0.29) is 18.1 Å². The number of rotatable bonds is 7. The van der Waals surface area contributed by atoms with E-state index in [0.717, 1.165) is 6.54 Å². The molecule has 0 aromatic carbocycles. The molecule has 0 spiro atoms. The van der Waals surface area contributed by atoms with Gasteiger partial charge in [0.2, 0.25) is 0 Å². The van der Waals surface area contributed by atoms with Gasteiger partial charge in [-0.05, 0) is 33.7 Å². The van der Waals surface area contributed by atoms with Gasteiger partial charge in [0.25, 0.3) is 0 Å². The van der Waals surface area contributed by atoms with Crippen LogP contribution in [0.25, 0.3) is 0 Å². The Bertz CT molecular complexity index is 159. The van der Waals surface area contributed by atoms with E-state index in [4.69, 9.17) is 9.84 Å². The summed E-state index contributed by atoms with van der Waals surface area (Å²) in [5.41, 5.74) is 0. The number of nitrogens with one attached hydrogen (secondary N) is 1. The van der Waals surface area contributed by atoms with Crippen LogP contribution in [0.5, 0.6) is 0 Å². The molecule has 0 aliphatic rings. The number of carbonyl (C=O) groups excluding carboxylic acids is 1. The molecule has 0 fully saturated rings. The van der Waals surface area contributed by atoms with E-state index in [1.807, 2.05) is 6.92 Å². The maximum atomic E-state index is 11.0. The molecule has 2 N–H and O–H groups in total. The van der Waals surface area contributed by atoms with Crippen LogP contribution in [0, 0.1) is 0 Å². The summed E-state index contributed by atoms with van der Waals surface area (Å²) in [4.78, 5) is 11.0. The number of aliphatic hydroxyl groups is 1. The lowest BCUT2D eigenvalue weighted by molar-refractivity contribution is -0.143. The van der Waals surface area contributed by atoms with Gasteiger partial charge in [-0.15, -0.1) is 0 Å². The van der Waals surface area contributed by atoms with Crippen LogP contribution in [0.3, 0.4) is 0 Å². The first-order valence-electron chi connectivity index (χ1n) is 5.13. The summed E-state index contributed by atoms with van der Waals surface area (Å²) in [6.45, 7) is 6.62. The fourth-order valence-corrected chi connectivity index (χ4v) is 1.08. The number of hydrogen-bond donors (Lipinski definition) is 2. The van der Waals surface area contributed by atoms with Crippen molar-refractivity contribution in [3.8, 4) is 0 Å². The number of hydrogen-bond acceptors (Lipinski definition) is 4. The molecule has 0 aromatic rings. The van der Waals surface area contributed by atoms with E-state index in [0.29, 0.717) is 19.4 Å². The van der Waals surface area contributed by atoms with Crippen molar-refractivity contribution >= 4 is 5.97 Å². The van der Waals surface area contributed by atoms with Crippen molar-refractivity contribution in [2.24, 2.45) is 0 Å². The van der Waals surface area contributed by atoms with Gasteiger partial charge < -0.3 is 15.2 Å². The molecule has 0 radical (unpaired) electrons. The van der Waals surface area contributed by atoms with Crippen molar-refractivity contribution in [3.05, 3.63) is 0 Å². The van der Waals surface area contributed by atoms with Crippen LogP contribution in [0.15, 0.2) is 0 Å². The average Bonchev–Trinajstić information content (AvgIpc) is 2.03. The molecule has 4 nitrogen and oxygen atoms in total. The van der Waals surface area contributed by atoms with E-state index in [1.54, 1.807) is 13.8 Å². The maximum Gasteiger partial charge on any atom is 0.307 e. The van der Waals surface area contributed by atoms with Gasteiger partial charge in [-0.3, -0.25) is 4.79 Å². The minimum absolute atomic E-state index is 0.104. The molecular weight excluding hydrogens is 182 g/mol. The molecular formula is C10H21NO3. The van der Waals surface area contributed by atoms with Gasteiger partial charge in [-0.1, -0.05) is 0 Å². The molecule has 84 valence electrons. The molecule has 0 aliphatic heterocycles. The summed E-state index contributed by atoms with van der Waals surface area (Å²) in [7, 11) is 0. The van der Waals surface area contributed by atoms with Crippen molar-refractivity contribution in [1.82, 2.24) is 5.32 Å². The highest BCUT2D eigenvalue weighted by Gasteiger charge is 2.08. The summed E-state index contributed by atoms with van der Waals surface area (Å²) in [6, 6.07) is 0.104. The number of aliphatic hydroxyl groups excluding tert-OH is 1. The molecule has 4 heteroatoms. The van der Waals surface area contributed by atoms with Crippen LogP contribution in [-0.2, 0) is 9.53 Å². The first-order valence-corrected chi connectivity index (χ1v) is 5.13. The number of ether oxygens (including phenoxy) is 1. The Kier molecular flexibility index (Phi) is 7.42.